The van der Waals surface area contributed by atoms with Crippen molar-refractivity contribution in [3.05, 3.63) is 52.8 Å². The molecular weight excluding hydrogens is 310 g/mol. The Morgan fingerprint density at radius 3 is 2.91 bits per heavy atom. The standard InChI is InChI=1S/C18H21NO3S/c20-14(16-15(23)10-19-17(16)18(21)22)9-8-12-6-3-5-11-4-1-2-7-13(11)12/h1-2,4,7,10,12,18-19,21-23H,3,5-6,8-9H2. The average molecular weight is 331 g/mol. The molecule has 1 aromatic carbocycles. The van der Waals surface area contributed by atoms with Crippen LogP contribution in [0, 0.1) is 0 Å². The Hall–Kier alpha value is -1.56. The van der Waals surface area contributed by atoms with E-state index in [0.717, 1.165) is 25.7 Å². The highest BCUT2D eigenvalue weighted by atomic mass is 32.1. The molecule has 0 saturated heterocycles. The second kappa shape index (κ2) is 6.91. The number of carbonyl (C=O) groups excluding carboxylic acids is 1. The van der Waals surface area contributed by atoms with E-state index in [2.05, 4.69) is 41.9 Å². The maximum absolute atomic E-state index is 12.5. The number of nitrogens with one attached hydrogen (secondary N) is 1. The molecule has 122 valence electrons. The summed E-state index contributed by atoms with van der Waals surface area (Å²) in [6.07, 6.45) is 4.34. The molecule has 0 aliphatic heterocycles. The van der Waals surface area contributed by atoms with E-state index in [0.29, 0.717) is 22.8 Å². The minimum absolute atomic E-state index is 0.0950. The van der Waals surface area contributed by atoms with E-state index in [1.165, 1.54) is 17.3 Å². The number of aromatic amines is 1. The first-order chi connectivity index (χ1) is 11.1. The van der Waals surface area contributed by atoms with Gasteiger partial charge in [-0.1, -0.05) is 24.3 Å². The lowest BCUT2D eigenvalue weighted by Gasteiger charge is -2.25. The molecular formula is C18H21NO3S. The molecule has 1 unspecified atom stereocenters. The normalized spacial score (nSPS) is 17.3. The van der Waals surface area contributed by atoms with E-state index in [1.807, 2.05) is 0 Å². The number of hydrogen-bond donors (Lipinski definition) is 4. The molecule has 0 amide bonds. The molecule has 1 aliphatic rings. The molecule has 1 atom stereocenters. The lowest BCUT2D eigenvalue weighted by molar-refractivity contribution is -0.0459. The third-order valence-electron chi connectivity index (χ3n) is 4.64. The van der Waals surface area contributed by atoms with E-state index >= 15 is 0 Å². The van der Waals surface area contributed by atoms with Gasteiger partial charge in [0.1, 0.15) is 0 Å². The summed E-state index contributed by atoms with van der Waals surface area (Å²) in [5.74, 6) is 0.302. The third-order valence-corrected chi connectivity index (χ3v) is 4.99. The Balaban J connectivity index is 1.72. The molecule has 1 heterocycles. The molecule has 0 saturated carbocycles. The predicted molar refractivity (Wildman–Crippen MR) is 90.9 cm³/mol. The van der Waals surface area contributed by atoms with Crippen LogP contribution in [0.15, 0.2) is 35.4 Å². The zero-order valence-electron chi connectivity index (χ0n) is 12.8. The fourth-order valence-corrected chi connectivity index (χ4v) is 3.82. The van der Waals surface area contributed by atoms with Gasteiger partial charge in [0.2, 0.25) is 0 Å². The van der Waals surface area contributed by atoms with E-state index < -0.39 is 6.29 Å². The molecule has 0 spiro atoms. The van der Waals surface area contributed by atoms with Crippen LogP contribution in [0.1, 0.15) is 65.1 Å². The molecule has 4 nitrogen and oxygen atoms in total. The summed E-state index contributed by atoms with van der Waals surface area (Å²) >= 11 is 4.24. The topological polar surface area (TPSA) is 73.3 Å². The maximum atomic E-state index is 12.5. The number of benzene rings is 1. The minimum atomic E-state index is -1.69. The molecule has 0 bridgehead atoms. The molecule has 5 heteroatoms. The number of aromatic nitrogens is 1. The van der Waals surface area contributed by atoms with Crippen LogP contribution in [-0.2, 0) is 6.42 Å². The molecule has 3 rings (SSSR count). The number of rotatable bonds is 5. The van der Waals surface area contributed by atoms with Gasteiger partial charge in [-0.2, -0.15) is 0 Å². The highest BCUT2D eigenvalue weighted by Gasteiger charge is 2.24. The van der Waals surface area contributed by atoms with Gasteiger partial charge >= 0.3 is 0 Å². The fourth-order valence-electron chi connectivity index (χ4n) is 3.51. The Labute approximate surface area is 141 Å². The smallest absolute Gasteiger partial charge is 0.194 e. The van der Waals surface area contributed by atoms with Gasteiger partial charge in [0, 0.05) is 17.5 Å². The van der Waals surface area contributed by atoms with Gasteiger partial charge in [0.15, 0.2) is 12.1 Å². The Bertz CT molecular complexity index is 708. The minimum Gasteiger partial charge on any atom is -0.363 e. The first-order valence-corrected chi connectivity index (χ1v) is 8.40. The summed E-state index contributed by atoms with van der Waals surface area (Å²) in [6.45, 7) is 0. The number of Topliss-reactive ketones (excluding diaryl/α,β-unsaturated/α-hetero) is 1. The summed E-state index contributed by atoms with van der Waals surface area (Å²) in [5, 5.41) is 18.7. The number of ketones is 1. The van der Waals surface area contributed by atoms with Crippen LogP contribution in [0.25, 0.3) is 0 Å². The van der Waals surface area contributed by atoms with Gasteiger partial charge in [-0.3, -0.25) is 4.79 Å². The van der Waals surface area contributed by atoms with Gasteiger partial charge in [0.05, 0.1) is 11.3 Å². The van der Waals surface area contributed by atoms with Crippen molar-refractivity contribution in [1.29, 1.82) is 0 Å². The van der Waals surface area contributed by atoms with Crippen molar-refractivity contribution in [3.63, 3.8) is 0 Å². The molecule has 1 aromatic heterocycles. The Morgan fingerprint density at radius 2 is 2.13 bits per heavy atom. The molecule has 2 aromatic rings. The number of fused-ring (bicyclic) bond motifs is 1. The van der Waals surface area contributed by atoms with E-state index in [4.69, 9.17) is 0 Å². The zero-order chi connectivity index (χ0) is 16.4. The summed E-state index contributed by atoms with van der Waals surface area (Å²) in [7, 11) is 0. The van der Waals surface area contributed by atoms with Crippen LogP contribution in [0.3, 0.4) is 0 Å². The van der Waals surface area contributed by atoms with Crippen molar-refractivity contribution in [2.45, 2.75) is 49.2 Å². The van der Waals surface area contributed by atoms with Crippen LogP contribution in [-0.4, -0.2) is 21.0 Å². The van der Waals surface area contributed by atoms with Crippen molar-refractivity contribution in [3.8, 4) is 0 Å². The number of aryl methyl sites for hydroxylation is 1. The quantitative estimate of drug-likeness (QED) is 0.386. The number of thiol groups is 1. The summed E-state index contributed by atoms with van der Waals surface area (Å²) < 4.78 is 0. The monoisotopic (exact) mass is 331 g/mol. The SMILES string of the molecule is O=C(CCC1CCCc2ccccc21)c1c(S)c[nH]c1C(O)O. The summed E-state index contributed by atoms with van der Waals surface area (Å²) in [6, 6.07) is 8.44. The van der Waals surface area contributed by atoms with E-state index in [-0.39, 0.29) is 11.5 Å². The van der Waals surface area contributed by atoms with Gasteiger partial charge < -0.3 is 15.2 Å². The number of aliphatic hydroxyl groups is 2. The summed E-state index contributed by atoms with van der Waals surface area (Å²) in [4.78, 5) is 15.7. The Kier molecular flexibility index (Phi) is 4.90. The van der Waals surface area contributed by atoms with E-state index in [9.17, 15) is 15.0 Å². The zero-order valence-corrected chi connectivity index (χ0v) is 13.7. The third kappa shape index (κ3) is 3.37. The van der Waals surface area contributed by atoms with Gasteiger partial charge in [-0.05, 0) is 42.7 Å². The van der Waals surface area contributed by atoms with Gasteiger partial charge in [0.25, 0.3) is 0 Å². The number of hydrogen-bond acceptors (Lipinski definition) is 4. The predicted octanol–water partition coefficient (Wildman–Crippen LogP) is 3.37. The highest BCUT2D eigenvalue weighted by Crippen LogP contribution is 2.35. The molecule has 23 heavy (non-hydrogen) atoms. The van der Waals surface area contributed by atoms with Crippen LogP contribution < -0.4 is 0 Å². The van der Waals surface area contributed by atoms with Crippen molar-refractivity contribution < 1.29 is 15.0 Å². The highest BCUT2D eigenvalue weighted by molar-refractivity contribution is 7.80. The molecule has 0 radical (unpaired) electrons. The van der Waals surface area contributed by atoms with Crippen LogP contribution >= 0.6 is 12.6 Å². The van der Waals surface area contributed by atoms with Crippen LogP contribution in [0.4, 0.5) is 0 Å². The lowest BCUT2D eigenvalue weighted by atomic mass is 9.80. The van der Waals surface area contributed by atoms with Crippen molar-refractivity contribution in [2.75, 3.05) is 0 Å². The molecule has 3 N–H and O–H groups in total. The summed E-state index contributed by atoms with van der Waals surface area (Å²) in [5.41, 5.74) is 3.17. The maximum Gasteiger partial charge on any atom is 0.194 e. The van der Waals surface area contributed by atoms with E-state index in [1.54, 1.807) is 0 Å². The van der Waals surface area contributed by atoms with Crippen molar-refractivity contribution >= 4 is 18.4 Å². The second-order valence-electron chi connectivity index (χ2n) is 6.09. The van der Waals surface area contributed by atoms with Gasteiger partial charge in [-0.25, -0.2) is 0 Å². The van der Waals surface area contributed by atoms with Crippen molar-refractivity contribution in [2.24, 2.45) is 0 Å². The first-order valence-electron chi connectivity index (χ1n) is 7.95. The second-order valence-corrected chi connectivity index (χ2v) is 6.57. The number of carbonyl (C=O) groups is 1. The van der Waals surface area contributed by atoms with Gasteiger partial charge in [-0.15, -0.1) is 12.6 Å². The average Bonchev–Trinajstić information content (AvgIpc) is 2.94. The fraction of sp³-hybridized carbons (Fsp3) is 0.389. The first kappa shape index (κ1) is 16.3. The number of H-pyrrole nitrogens is 1. The largest absolute Gasteiger partial charge is 0.363 e. The Morgan fingerprint density at radius 1 is 1.35 bits per heavy atom. The molecule has 1 aliphatic carbocycles. The van der Waals surface area contributed by atoms with Crippen LogP contribution in [0.2, 0.25) is 0 Å². The lowest BCUT2D eigenvalue weighted by Crippen LogP contribution is -2.12. The number of aliphatic hydroxyl groups excluding tert-OH is 1. The van der Waals surface area contributed by atoms with Crippen LogP contribution in [0.5, 0.6) is 0 Å². The molecule has 0 fully saturated rings. The van der Waals surface area contributed by atoms with Crippen molar-refractivity contribution in [1.82, 2.24) is 4.98 Å².